The maximum Gasteiger partial charge on any atom is 0.185 e. The molecule has 1 aromatic rings. The van der Waals surface area contributed by atoms with Crippen molar-refractivity contribution < 1.29 is 13.9 Å². The van der Waals surface area contributed by atoms with E-state index in [0.29, 0.717) is 19.1 Å². The lowest BCUT2D eigenvalue weighted by Gasteiger charge is -2.24. The summed E-state index contributed by atoms with van der Waals surface area (Å²) in [5.41, 5.74) is 0. The molecule has 1 aliphatic heterocycles. The average molecular weight is 322 g/mol. The largest absolute Gasteiger partial charge is 0.485 e. The van der Waals surface area contributed by atoms with Gasteiger partial charge in [0.05, 0.1) is 16.7 Å². The molecular weight excluding hydrogens is 304 g/mol. The number of nitrogens with one attached hydrogen (secondary N) is 1. The number of hydrogen-bond acceptors (Lipinski definition) is 3. The number of rotatable bonds is 6. The molecule has 112 valence electrons. The molecule has 0 spiro atoms. The maximum absolute atomic E-state index is 14.0. The summed E-state index contributed by atoms with van der Waals surface area (Å²) in [6.45, 7) is 4.75. The zero-order chi connectivity index (χ0) is 14.5. The summed E-state index contributed by atoms with van der Waals surface area (Å²) < 4.78 is 25.3. The van der Waals surface area contributed by atoms with Gasteiger partial charge in [-0.3, -0.25) is 0 Å². The highest BCUT2D eigenvalue weighted by Crippen LogP contribution is 2.32. The van der Waals surface area contributed by atoms with Crippen molar-refractivity contribution in [1.29, 1.82) is 0 Å². The third kappa shape index (κ3) is 3.76. The van der Waals surface area contributed by atoms with Crippen molar-refractivity contribution in [3.63, 3.8) is 0 Å². The van der Waals surface area contributed by atoms with Crippen LogP contribution in [0, 0.1) is 11.7 Å². The molecule has 1 N–H and O–H groups in total. The molecule has 0 bridgehead atoms. The van der Waals surface area contributed by atoms with Gasteiger partial charge < -0.3 is 14.8 Å². The fourth-order valence-electron chi connectivity index (χ4n) is 2.26. The maximum atomic E-state index is 14.0. The predicted molar refractivity (Wildman–Crippen MR) is 78.3 cm³/mol. The standard InChI is InChI=1S/C14H18Cl2FNO2/c1-2-19-8-12(9-5-6-18-7-9)20-11-4-3-10(15)13(16)14(11)17/h3-4,9,12,18H,2,5-8H2,1H3/t9-,12-/m0/s1. The van der Waals surface area contributed by atoms with Crippen molar-refractivity contribution in [3.05, 3.63) is 28.0 Å². The zero-order valence-corrected chi connectivity index (χ0v) is 12.8. The lowest BCUT2D eigenvalue weighted by Crippen LogP contribution is -2.33. The predicted octanol–water partition coefficient (Wildman–Crippen LogP) is 3.53. The molecule has 0 amide bonds. The van der Waals surface area contributed by atoms with Crippen LogP contribution in [-0.4, -0.2) is 32.4 Å². The van der Waals surface area contributed by atoms with Gasteiger partial charge >= 0.3 is 0 Å². The summed E-state index contributed by atoms with van der Waals surface area (Å²) in [6.07, 6.45) is 0.789. The fraction of sp³-hybridized carbons (Fsp3) is 0.571. The van der Waals surface area contributed by atoms with Gasteiger partial charge in [0.1, 0.15) is 6.10 Å². The van der Waals surface area contributed by atoms with Crippen molar-refractivity contribution in [1.82, 2.24) is 5.32 Å². The normalized spacial score (nSPS) is 20.1. The van der Waals surface area contributed by atoms with E-state index >= 15 is 0 Å². The Balaban J connectivity index is 2.12. The monoisotopic (exact) mass is 321 g/mol. The highest BCUT2D eigenvalue weighted by Gasteiger charge is 2.28. The van der Waals surface area contributed by atoms with Crippen molar-refractivity contribution in [2.45, 2.75) is 19.4 Å². The first-order chi connectivity index (χ1) is 9.63. The van der Waals surface area contributed by atoms with Gasteiger partial charge in [0.15, 0.2) is 11.6 Å². The molecule has 0 radical (unpaired) electrons. The molecule has 0 saturated carbocycles. The molecule has 1 heterocycles. The quantitative estimate of drug-likeness (QED) is 0.813. The fourth-order valence-corrected chi connectivity index (χ4v) is 2.56. The van der Waals surface area contributed by atoms with E-state index in [4.69, 9.17) is 32.7 Å². The first-order valence-corrected chi connectivity index (χ1v) is 7.47. The molecule has 1 fully saturated rings. The summed E-state index contributed by atoms with van der Waals surface area (Å²) in [5.74, 6) is -0.196. The Kier molecular flexibility index (Phi) is 5.90. The molecule has 3 nitrogen and oxygen atoms in total. The second-order valence-electron chi connectivity index (χ2n) is 4.74. The molecule has 20 heavy (non-hydrogen) atoms. The van der Waals surface area contributed by atoms with Crippen LogP contribution in [0.4, 0.5) is 4.39 Å². The summed E-state index contributed by atoms with van der Waals surface area (Å²) >= 11 is 11.6. The second kappa shape index (κ2) is 7.46. The van der Waals surface area contributed by atoms with Crippen LogP contribution in [-0.2, 0) is 4.74 Å². The average Bonchev–Trinajstić information content (AvgIpc) is 2.97. The van der Waals surface area contributed by atoms with E-state index in [1.807, 2.05) is 6.92 Å². The second-order valence-corrected chi connectivity index (χ2v) is 5.53. The molecule has 0 aromatic heterocycles. The number of halogens is 3. The van der Waals surface area contributed by atoms with E-state index in [2.05, 4.69) is 5.32 Å². The van der Waals surface area contributed by atoms with Gasteiger partial charge in [0.25, 0.3) is 0 Å². The van der Waals surface area contributed by atoms with E-state index in [9.17, 15) is 4.39 Å². The van der Waals surface area contributed by atoms with Crippen LogP contribution >= 0.6 is 23.2 Å². The highest BCUT2D eigenvalue weighted by atomic mass is 35.5. The van der Waals surface area contributed by atoms with E-state index in [0.717, 1.165) is 19.5 Å². The Hall–Kier alpha value is -0.550. The number of benzene rings is 1. The Morgan fingerprint density at radius 3 is 2.90 bits per heavy atom. The Morgan fingerprint density at radius 2 is 2.25 bits per heavy atom. The molecule has 1 aliphatic rings. The van der Waals surface area contributed by atoms with Gasteiger partial charge in [0, 0.05) is 19.1 Å². The lowest BCUT2D eigenvalue weighted by molar-refractivity contribution is 0.0271. The Bertz CT molecular complexity index is 453. The van der Waals surface area contributed by atoms with Gasteiger partial charge in [-0.25, -0.2) is 4.39 Å². The highest BCUT2D eigenvalue weighted by molar-refractivity contribution is 6.42. The van der Waals surface area contributed by atoms with Gasteiger partial charge in [0.2, 0.25) is 0 Å². The van der Waals surface area contributed by atoms with Crippen LogP contribution in [0.25, 0.3) is 0 Å². The Labute approximate surface area is 128 Å². The molecule has 6 heteroatoms. The minimum absolute atomic E-state index is 0.108. The summed E-state index contributed by atoms with van der Waals surface area (Å²) in [6, 6.07) is 3.04. The van der Waals surface area contributed by atoms with Gasteiger partial charge in [-0.15, -0.1) is 0 Å². The van der Waals surface area contributed by atoms with Crippen LogP contribution < -0.4 is 10.1 Å². The smallest absolute Gasteiger partial charge is 0.185 e. The molecule has 1 saturated heterocycles. The van der Waals surface area contributed by atoms with Crippen molar-refractivity contribution >= 4 is 23.2 Å². The van der Waals surface area contributed by atoms with Crippen LogP contribution in [0.2, 0.25) is 10.0 Å². The SMILES string of the molecule is CCOC[C@H](Oc1ccc(Cl)c(Cl)c1F)[C@H]1CCNC1. The van der Waals surface area contributed by atoms with Gasteiger partial charge in [-0.2, -0.15) is 0 Å². The Morgan fingerprint density at radius 1 is 1.45 bits per heavy atom. The molecule has 0 unspecified atom stereocenters. The van der Waals surface area contributed by atoms with Crippen LogP contribution in [0.3, 0.4) is 0 Å². The van der Waals surface area contributed by atoms with E-state index in [1.54, 1.807) is 0 Å². The van der Waals surface area contributed by atoms with Crippen LogP contribution in [0.15, 0.2) is 12.1 Å². The van der Waals surface area contributed by atoms with Crippen LogP contribution in [0.1, 0.15) is 13.3 Å². The summed E-state index contributed by atoms with van der Waals surface area (Å²) in [4.78, 5) is 0. The minimum Gasteiger partial charge on any atom is -0.485 e. The van der Waals surface area contributed by atoms with Gasteiger partial charge in [-0.05, 0) is 32.0 Å². The van der Waals surface area contributed by atoms with Crippen molar-refractivity contribution in [2.24, 2.45) is 5.92 Å². The first kappa shape index (κ1) is 15.8. The summed E-state index contributed by atoms with van der Waals surface area (Å²) in [5, 5.41) is 3.35. The van der Waals surface area contributed by atoms with E-state index in [1.165, 1.54) is 12.1 Å². The third-order valence-corrected chi connectivity index (χ3v) is 4.17. The van der Waals surface area contributed by atoms with Crippen molar-refractivity contribution in [2.75, 3.05) is 26.3 Å². The molecule has 0 aliphatic carbocycles. The van der Waals surface area contributed by atoms with Gasteiger partial charge in [-0.1, -0.05) is 23.2 Å². The molecule has 1 aromatic carbocycles. The summed E-state index contributed by atoms with van der Waals surface area (Å²) in [7, 11) is 0. The van der Waals surface area contributed by atoms with E-state index < -0.39 is 5.82 Å². The van der Waals surface area contributed by atoms with Crippen LogP contribution in [0.5, 0.6) is 5.75 Å². The third-order valence-electron chi connectivity index (χ3n) is 3.39. The molecule has 2 atom stereocenters. The van der Waals surface area contributed by atoms with E-state index in [-0.39, 0.29) is 21.9 Å². The topological polar surface area (TPSA) is 30.5 Å². The number of hydrogen-bond donors (Lipinski definition) is 1. The molecule has 2 rings (SSSR count). The number of ether oxygens (including phenoxy) is 2. The molecular formula is C14H18Cl2FNO2. The zero-order valence-electron chi connectivity index (χ0n) is 11.3. The lowest BCUT2D eigenvalue weighted by atomic mass is 10.0. The van der Waals surface area contributed by atoms with Crippen molar-refractivity contribution in [3.8, 4) is 5.75 Å². The minimum atomic E-state index is -0.619. The first-order valence-electron chi connectivity index (χ1n) is 6.72.